The van der Waals surface area contributed by atoms with Gasteiger partial charge in [0.25, 0.3) is 0 Å². The molecule has 0 aliphatic heterocycles. The summed E-state index contributed by atoms with van der Waals surface area (Å²) < 4.78 is 0. The minimum atomic E-state index is 0.386. The maximum absolute atomic E-state index is 5.86. The summed E-state index contributed by atoms with van der Waals surface area (Å²) in [6, 6.07) is 1.56. The van der Waals surface area contributed by atoms with Gasteiger partial charge < -0.3 is 11.1 Å². The van der Waals surface area contributed by atoms with Crippen molar-refractivity contribution >= 4 is 23.4 Å². The van der Waals surface area contributed by atoms with E-state index in [1.165, 1.54) is 96.3 Å². The molecule has 0 atom stereocenters. The normalized spacial score (nSPS) is 11.0. The van der Waals surface area contributed by atoms with Crippen LogP contribution in [0.2, 0.25) is 5.15 Å². The largest absolute Gasteiger partial charge is 0.383 e. The monoisotopic (exact) mass is 396 g/mol. The molecule has 27 heavy (non-hydrogen) atoms. The Bertz CT molecular complexity index is 447. The first kappa shape index (κ1) is 24.0. The maximum Gasteiger partial charge on any atom is 0.226 e. The third-order valence-corrected chi connectivity index (χ3v) is 5.22. The van der Waals surface area contributed by atoms with E-state index < -0.39 is 0 Å². The summed E-state index contributed by atoms with van der Waals surface area (Å²) in [5.74, 6) is 0.936. The van der Waals surface area contributed by atoms with Crippen LogP contribution in [0.3, 0.4) is 0 Å². The number of nitrogen functional groups attached to an aromatic ring is 1. The molecule has 0 unspecified atom stereocenters. The Hall–Kier alpha value is -1.03. The fourth-order valence-corrected chi connectivity index (χ4v) is 3.58. The number of rotatable bonds is 18. The number of unbranched alkanes of at least 4 members (excludes halogenated alkanes) is 15. The summed E-state index contributed by atoms with van der Waals surface area (Å²) >= 11 is 5.86. The van der Waals surface area contributed by atoms with Gasteiger partial charge in [0.15, 0.2) is 0 Å². The van der Waals surface area contributed by atoms with Crippen LogP contribution >= 0.6 is 11.6 Å². The van der Waals surface area contributed by atoms with Crippen molar-refractivity contribution in [3.8, 4) is 0 Å². The Kier molecular flexibility index (Phi) is 15.2. The van der Waals surface area contributed by atoms with Gasteiger partial charge in [0.05, 0.1) is 0 Å². The molecule has 0 saturated carbocycles. The van der Waals surface area contributed by atoms with Crippen molar-refractivity contribution in [1.29, 1.82) is 0 Å². The first-order valence-corrected chi connectivity index (χ1v) is 11.6. The van der Waals surface area contributed by atoms with E-state index in [-0.39, 0.29) is 0 Å². The Morgan fingerprint density at radius 1 is 0.741 bits per heavy atom. The highest BCUT2D eigenvalue weighted by molar-refractivity contribution is 6.29. The van der Waals surface area contributed by atoms with E-state index >= 15 is 0 Å². The average molecular weight is 397 g/mol. The van der Waals surface area contributed by atoms with Gasteiger partial charge in [0, 0.05) is 12.6 Å². The van der Waals surface area contributed by atoms with Crippen LogP contribution in [0.15, 0.2) is 6.07 Å². The molecular weight excluding hydrogens is 356 g/mol. The van der Waals surface area contributed by atoms with Crippen molar-refractivity contribution in [3.05, 3.63) is 11.2 Å². The molecule has 5 heteroatoms. The first-order chi connectivity index (χ1) is 13.2. The zero-order valence-corrected chi connectivity index (χ0v) is 18.2. The molecule has 0 aliphatic rings. The fourth-order valence-electron chi connectivity index (χ4n) is 3.39. The molecule has 3 N–H and O–H groups in total. The second-order valence-electron chi connectivity index (χ2n) is 7.67. The smallest absolute Gasteiger partial charge is 0.226 e. The predicted octanol–water partition coefficient (Wildman–Crippen LogP) is 7.39. The minimum Gasteiger partial charge on any atom is -0.383 e. The fraction of sp³-hybridized carbons (Fsp3) is 0.818. The zero-order chi connectivity index (χ0) is 19.6. The lowest BCUT2D eigenvalue weighted by Gasteiger charge is -2.06. The number of nitrogens with one attached hydrogen (secondary N) is 1. The molecular formula is C22H41ClN4. The van der Waals surface area contributed by atoms with Crippen LogP contribution in [0.5, 0.6) is 0 Å². The quantitative estimate of drug-likeness (QED) is 0.200. The van der Waals surface area contributed by atoms with Crippen molar-refractivity contribution < 1.29 is 0 Å². The molecule has 1 heterocycles. The Morgan fingerprint density at radius 3 is 1.63 bits per heavy atom. The van der Waals surface area contributed by atoms with Crippen molar-refractivity contribution in [2.45, 2.75) is 110 Å². The molecule has 0 aliphatic carbocycles. The van der Waals surface area contributed by atoms with Crippen molar-refractivity contribution in [2.24, 2.45) is 0 Å². The van der Waals surface area contributed by atoms with Crippen LogP contribution in [-0.4, -0.2) is 16.5 Å². The summed E-state index contributed by atoms with van der Waals surface area (Å²) in [6.07, 6.45) is 22.2. The molecule has 1 aromatic heterocycles. The van der Waals surface area contributed by atoms with Gasteiger partial charge in [-0.25, -0.2) is 4.98 Å². The van der Waals surface area contributed by atoms with Crippen LogP contribution < -0.4 is 11.1 Å². The van der Waals surface area contributed by atoms with E-state index in [9.17, 15) is 0 Å². The van der Waals surface area contributed by atoms with E-state index in [0.29, 0.717) is 16.9 Å². The lowest BCUT2D eigenvalue weighted by atomic mass is 10.0. The molecule has 156 valence electrons. The number of hydrogen-bond acceptors (Lipinski definition) is 4. The molecule has 4 nitrogen and oxygen atoms in total. The van der Waals surface area contributed by atoms with Gasteiger partial charge in [-0.2, -0.15) is 4.98 Å². The summed E-state index contributed by atoms with van der Waals surface area (Å²) in [6.45, 7) is 3.16. The van der Waals surface area contributed by atoms with Crippen molar-refractivity contribution in [2.75, 3.05) is 17.6 Å². The van der Waals surface area contributed by atoms with Gasteiger partial charge in [-0.05, 0) is 6.42 Å². The highest BCUT2D eigenvalue weighted by Gasteiger charge is 2.00. The molecule has 1 rings (SSSR count). The summed E-state index contributed by atoms with van der Waals surface area (Å²) in [5.41, 5.74) is 5.65. The number of aromatic nitrogens is 2. The lowest BCUT2D eigenvalue weighted by Crippen LogP contribution is -2.06. The minimum absolute atomic E-state index is 0.386. The molecule has 0 fully saturated rings. The van der Waals surface area contributed by atoms with E-state index in [0.717, 1.165) is 13.0 Å². The van der Waals surface area contributed by atoms with Gasteiger partial charge in [0.2, 0.25) is 5.95 Å². The van der Waals surface area contributed by atoms with Gasteiger partial charge in [-0.15, -0.1) is 0 Å². The Balaban J connectivity index is 1.78. The molecule has 1 aromatic rings. The Labute approximate surface area is 172 Å². The number of nitrogens with two attached hydrogens (primary N) is 1. The van der Waals surface area contributed by atoms with Gasteiger partial charge in [-0.1, -0.05) is 115 Å². The van der Waals surface area contributed by atoms with Crippen LogP contribution in [0.25, 0.3) is 0 Å². The second kappa shape index (κ2) is 17.1. The summed E-state index contributed by atoms with van der Waals surface area (Å²) in [5, 5.41) is 3.58. The summed E-state index contributed by atoms with van der Waals surface area (Å²) in [7, 11) is 0. The van der Waals surface area contributed by atoms with Crippen molar-refractivity contribution in [3.63, 3.8) is 0 Å². The predicted molar refractivity (Wildman–Crippen MR) is 119 cm³/mol. The molecule has 0 saturated heterocycles. The molecule has 0 amide bonds. The highest BCUT2D eigenvalue weighted by atomic mass is 35.5. The zero-order valence-electron chi connectivity index (χ0n) is 17.4. The highest BCUT2D eigenvalue weighted by Crippen LogP contribution is 2.14. The van der Waals surface area contributed by atoms with Crippen molar-refractivity contribution in [1.82, 2.24) is 9.97 Å². The average Bonchev–Trinajstić information content (AvgIpc) is 2.63. The maximum atomic E-state index is 5.86. The summed E-state index contributed by atoms with van der Waals surface area (Å²) in [4.78, 5) is 8.22. The SMILES string of the molecule is CCCCCCCCCCCCCCCCCCNc1nc(N)cc(Cl)n1. The van der Waals surface area contributed by atoms with E-state index in [2.05, 4.69) is 22.2 Å². The van der Waals surface area contributed by atoms with Crippen LogP contribution in [0, 0.1) is 0 Å². The third-order valence-electron chi connectivity index (χ3n) is 5.03. The molecule has 0 spiro atoms. The van der Waals surface area contributed by atoms with Crippen LogP contribution in [0.1, 0.15) is 110 Å². The second-order valence-corrected chi connectivity index (χ2v) is 8.06. The van der Waals surface area contributed by atoms with E-state index in [4.69, 9.17) is 17.3 Å². The van der Waals surface area contributed by atoms with Gasteiger partial charge in [0.1, 0.15) is 11.0 Å². The molecule has 0 aromatic carbocycles. The van der Waals surface area contributed by atoms with Gasteiger partial charge in [-0.3, -0.25) is 0 Å². The number of halogens is 1. The number of anilines is 2. The van der Waals surface area contributed by atoms with E-state index in [1.54, 1.807) is 6.07 Å². The molecule has 0 bridgehead atoms. The number of nitrogens with zero attached hydrogens (tertiary/aromatic N) is 2. The topological polar surface area (TPSA) is 63.8 Å². The van der Waals surface area contributed by atoms with Crippen LogP contribution in [0.4, 0.5) is 11.8 Å². The third kappa shape index (κ3) is 14.7. The Morgan fingerprint density at radius 2 is 1.19 bits per heavy atom. The molecule has 0 radical (unpaired) electrons. The van der Waals surface area contributed by atoms with Gasteiger partial charge >= 0.3 is 0 Å². The standard InChI is InChI=1S/C22H41ClN4/c1-2-3-4-5-6-7-8-9-10-11-12-13-14-15-16-17-18-25-22-26-20(23)19-21(24)27-22/h19H,2-18H2,1H3,(H3,24,25,26,27). The van der Waals surface area contributed by atoms with Crippen LogP contribution in [-0.2, 0) is 0 Å². The van der Waals surface area contributed by atoms with E-state index in [1.807, 2.05) is 0 Å². The lowest BCUT2D eigenvalue weighted by molar-refractivity contribution is 0.530. The number of hydrogen-bond donors (Lipinski definition) is 2. The first-order valence-electron chi connectivity index (χ1n) is 11.3.